The van der Waals surface area contributed by atoms with E-state index in [1.54, 1.807) is 4.68 Å². The molecule has 0 spiro atoms. The summed E-state index contributed by atoms with van der Waals surface area (Å²) in [5.74, 6) is 0.627. The van der Waals surface area contributed by atoms with E-state index in [2.05, 4.69) is 15.5 Å². The van der Waals surface area contributed by atoms with Crippen LogP contribution in [0, 0.1) is 0 Å². The molecule has 1 aliphatic rings. The maximum atomic E-state index is 12.4. The summed E-state index contributed by atoms with van der Waals surface area (Å²) in [6.45, 7) is 0. The average Bonchev–Trinajstić information content (AvgIpc) is 3.24. The van der Waals surface area contributed by atoms with E-state index >= 15 is 0 Å². The molecular weight excluding hydrogens is 326 g/mol. The number of carbonyl (C=O) groups excluding carboxylic acids is 1. The van der Waals surface area contributed by atoms with E-state index in [1.807, 2.05) is 61.6 Å². The second-order valence-electron chi connectivity index (χ2n) is 6.56. The van der Waals surface area contributed by atoms with Crippen molar-refractivity contribution >= 4 is 22.6 Å². The molecule has 0 fully saturated rings. The predicted octanol–water partition coefficient (Wildman–Crippen LogP) is 3.44. The fourth-order valence-electron chi connectivity index (χ4n) is 3.79. The first-order valence-corrected chi connectivity index (χ1v) is 8.57. The fraction of sp³-hybridized carbons (Fsp3) is 0.150. The van der Waals surface area contributed by atoms with E-state index in [0.29, 0.717) is 6.42 Å². The van der Waals surface area contributed by atoms with Gasteiger partial charge < -0.3 is 5.32 Å². The molecule has 1 atom stereocenters. The van der Waals surface area contributed by atoms with Crippen LogP contribution in [0.4, 0.5) is 5.82 Å². The van der Waals surface area contributed by atoms with Crippen LogP contribution in [0.5, 0.6) is 0 Å². The van der Waals surface area contributed by atoms with Crippen LogP contribution >= 0.6 is 0 Å². The Hall–Kier alpha value is -3.41. The molecule has 2 aromatic carbocycles. The molecule has 128 valence electrons. The molecule has 2 aromatic heterocycles. The van der Waals surface area contributed by atoms with Gasteiger partial charge in [-0.25, -0.2) is 0 Å². The molecular formula is C20H17N5O. The maximum Gasteiger partial charge on any atom is 0.226 e. The lowest BCUT2D eigenvalue weighted by molar-refractivity contribution is -0.116. The topological polar surface area (TPSA) is 75.6 Å². The standard InChI is InChI=1S/C20H17N5O/c1-25-20-17(18(24-25)12-7-3-2-4-8-12)14(11-16(26)21-20)19-13-9-5-6-10-15(13)22-23-19/h2-10,14H,11H2,1H3,(H,21,26)(H,22,23). The number of aromatic amines is 1. The molecule has 3 heterocycles. The van der Waals surface area contributed by atoms with E-state index in [-0.39, 0.29) is 11.8 Å². The number of aromatic nitrogens is 4. The number of aryl methyl sites for hydroxylation is 1. The number of rotatable bonds is 2. The maximum absolute atomic E-state index is 12.4. The zero-order valence-corrected chi connectivity index (χ0v) is 14.2. The highest BCUT2D eigenvalue weighted by molar-refractivity contribution is 5.97. The van der Waals surface area contributed by atoms with Crippen molar-refractivity contribution in [1.29, 1.82) is 0 Å². The highest BCUT2D eigenvalue weighted by Gasteiger charge is 2.35. The van der Waals surface area contributed by atoms with Gasteiger partial charge >= 0.3 is 0 Å². The van der Waals surface area contributed by atoms with Crippen molar-refractivity contribution in [2.24, 2.45) is 7.05 Å². The Kier molecular flexibility index (Phi) is 3.18. The van der Waals surface area contributed by atoms with Crippen LogP contribution in [0.1, 0.15) is 23.6 Å². The highest BCUT2D eigenvalue weighted by Crippen LogP contribution is 2.43. The summed E-state index contributed by atoms with van der Waals surface area (Å²) < 4.78 is 1.75. The van der Waals surface area contributed by atoms with Crippen LogP contribution in [0.15, 0.2) is 54.6 Å². The molecule has 6 heteroatoms. The zero-order chi connectivity index (χ0) is 17.7. The number of amides is 1. The van der Waals surface area contributed by atoms with Gasteiger partial charge in [-0.2, -0.15) is 10.2 Å². The number of H-pyrrole nitrogens is 1. The summed E-state index contributed by atoms with van der Waals surface area (Å²) in [6.07, 6.45) is 0.366. The molecule has 1 aliphatic heterocycles. The number of hydrogen-bond acceptors (Lipinski definition) is 3. The largest absolute Gasteiger partial charge is 0.311 e. The van der Waals surface area contributed by atoms with Gasteiger partial charge in [0.25, 0.3) is 0 Å². The fourth-order valence-corrected chi connectivity index (χ4v) is 3.79. The molecule has 0 bridgehead atoms. The number of benzene rings is 2. The number of para-hydroxylation sites is 1. The molecule has 0 radical (unpaired) electrons. The van der Waals surface area contributed by atoms with Gasteiger partial charge in [-0.15, -0.1) is 0 Å². The minimum absolute atomic E-state index is 0.0104. The van der Waals surface area contributed by atoms with Gasteiger partial charge in [0.15, 0.2) is 0 Å². The van der Waals surface area contributed by atoms with Crippen molar-refractivity contribution in [2.45, 2.75) is 12.3 Å². The molecule has 1 amide bonds. The van der Waals surface area contributed by atoms with Crippen LogP contribution in [0.25, 0.3) is 22.2 Å². The Bertz CT molecular complexity index is 1130. The third-order valence-electron chi connectivity index (χ3n) is 4.97. The van der Waals surface area contributed by atoms with E-state index < -0.39 is 0 Å². The Morgan fingerprint density at radius 1 is 1.08 bits per heavy atom. The molecule has 0 aliphatic carbocycles. The minimum atomic E-state index is -0.116. The first-order valence-electron chi connectivity index (χ1n) is 8.57. The lowest BCUT2D eigenvalue weighted by Gasteiger charge is -2.23. The zero-order valence-electron chi connectivity index (χ0n) is 14.2. The number of hydrogen-bond donors (Lipinski definition) is 2. The first-order chi connectivity index (χ1) is 12.7. The lowest BCUT2D eigenvalue weighted by atomic mass is 9.86. The molecule has 2 N–H and O–H groups in total. The van der Waals surface area contributed by atoms with E-state index in [4.69, 9.17) is 5.10 Å². The molecule has 26 heavy (non-hydrogen) atoms. The predicted molar refractivity (Wildman–Crippen MR) is 99.8 cm³/mol. The normalized spacial score (nSPS) is 16.5. The third-order valence-corrected chi connectivity index (χ3v) is 4.97. The number of nitrogens with one attached hydrogen (secondary N) is 2. The average molecular weight is 343 g/mol. The summed E-state index contributed by atoms with van der Waals surface area (Å²) in [4.78, 5) is 12.4. The second-order valence-corrected chi connectivity index (χ2v) is 6.56. The van der Waals surface area contributed by atoms with Crippen LogP contribution in [0.2, 0.25) is 0 Å². The third kappa shape index (κ3) is 2.15. The van der Waals surface area contributed by atoms with Gasteiger partial charge in [0.1, 0.15) is 5.82 Å². The Labute approximate surface area is 149 Å². The summed E-state index contributed by atoms with van der Waals surface area (Å²) in [5, 5.41) is 16.3. The van der Waals surface area contributed by atoms with Crippen LogP contribution < -0.4 is 5.32 Å². The van der Waals surface area contributed by atoms with Gasteiger partial charge in [-0.1, -0.05) is 48.5 Å². The van der Waals surface area contributed by atoms with Gasteiger partial charge in [0, 0.05) is 35.9 Å². The van der Waals surface area contributed by atoms with Gasteiger partial charge in [0.05, 0.1) is 16.9 Å². The first kappa shape index (κ1) is 14.9. The van der Waals surface area contributed by atoms with Gasteiger partial charge in [-0.3, -0.25) is 14.6 Å². The van der Waals surface area contributed by atoms with E-state index in [0.717, 1.165) is 39.2 Å². The molecule has 4 aromatic rings. The molecule has 0 saturated carbocycles. The highest BCUT2D eigenvalue weighted by atomic mass is 16.1. The smallest absolute Gasteiger partial charge is 0.226 e. The van der Waals surface area contributed by atoms with Crippen molar-refractivity contribution in [3.63, 3.8) is 0 Å². The minimum Gasteiger partial charge on any atom is -0.311 e. The van der Waals surface area contributed by atoms with Crippen LogP contribution in [-0.2, 0) is 11.8 Å². The number of nitrogens with zero attached hydrogens (tertiary/aromatic N) is 3. The van der Waals surface area contributed by atoms with Crippen molar-refractivity contribution in [1.82, 2.24) is 20.0 Å². The van der Waals surface area contributed by atoms with E-state index in [9.17, 15) is 4.79 Å². The van der Waals surface area contributed by atoms with E-state index in [1.165, 1.54) is 0 Å². The Morgan fingerprint density at radius 3 is 2.69 bits per heavy atom. The molecule has 0 saturated heterocycles. The van der Waals surface area contributed by atoms with Crippen molar-refractivity contribution in [2.75, 3.05) is 5.32 Å². The Morgan fingerprint density at radius 2 is 1.85 bits per heavy atom. The molecule has 6 nitrogen and oxygen atoms in total. The van der Waals surface area contributed by atoms with Crippen molar-refractivity contribution < 1.29 is 4.79 Å². The number of anilines is 1. The Balaban J connectivity index is 1.76. The van der Waals surface area contributed by atoms with Crippen LogP contribution in [-0.4, -0.2) is 25.9 Å². The summed E-state index contributed by atoms with van der Waals surface area (Å²) in [5.41, 5.74) is 4.83. The molecule has 5 rings (SSSR count). The summed E-state index contributed by atoms with van der Waals surface area (Å²) >= 11 is 0. The summed E-state index contributed by atoms with van der Waals surface area (Å²) in [6, 6.07) is 18.0. The van der Waals surface area contributed by atoms with Crippen molar-refractivity contribution in [3.8, 4) is 11.3 Å². The second kappa shape index (κ2) is 5.56. The van der Waals surface area contributed by atoms with Crippen LogP contribution in [0.3, 0.4) is 0 Å². The molecule has 1 unspecified atom stereocenters. The quantitative estimate of drug-likeness (QED) is 0.585. The number of carbonyl (C=O) groups is 1. The van der Waals surface area contributed by atoms with Gasteiger partial charge in [-0.05, 0) is 6.07 Å². The lowest BCUT2D eigenvalue weighted by Crippen LogP contribution is -2.25. The monoisotopic (exact) mass is 343 g/mol. The van der Waals surface area contributed by atoms with Crippen molar-refractivity contribution in [3.05, 3.63) is 65.9 Å². The summed E-state index contributed by atoms with van der Waals surface area (Å²) in [7, 11) is 1.86. The van der Waals surface area contributed by atoms with Gasteiger partial charge in [0.2, 0.25) is 5.91 Å². The number of fused-ring (bicyclic) bond motifs is 2. The SMILES string of the molecule is Cn1nc(-c2ccccc2)c2c1NC(=O)CC2c1[nH]nc2ccccc12.